The third-order valence-electron chi connectivity index (χ3n) is 2.99. The number of benzene rings is 1. The number of aromatic nitrogens is 2. The molecule has 0 saturated heterocycles. The molecule has 1 amide bonds. The first-order chi connectivity index (χ1) is 11.1. The van der Waals surface area contributed by atoms with Crippen LogP contribution in [0.1, 0.15) is 17.4 Å². The minimum Gasteiger partial charge on any atom is -0.445 e. The van der Waals surface area contributed by atoms with Crippen molar-refractivity contribution >= 4 is 17.7 Å². The molecule has 2 rings (SSSR count). The lowest BCUT2D eigenvalue weighted by Gasteiger charge is -2.17. The van der Waals surface area contributed by atoms with Crippen LogP contribution in [0.3, 0.4) is 0 Å². The lowest BCUT2D eigenvalue weighted by Crippen LogP contribution is -2.36. The van der Waals surface area contributed by atoms with Gasteiger partial charge in [-0.05, 0) is 17.7 Å². The Morgan fingerprint density at radius 2 is 1.91 bits per heavy atom. The van der Waals surface area contributed by atoms with Gasteiger partial charge in [-0.2, -0.15) is 5.10 Å². The van der Waals surface area contributed by atoms with Crippen molar-refractivity contribution in [3.05, 3.63) is 58.9 Å². The average molecular weight is 338 g/mol. The fourth-order valence-electron chi connectivity index (χ4n) is 1.75. The summed E-state index contributed by atoms with van der Waals surface area (Å²) in [7, 11) is 0. The third kappa shape index (κ3) is 5.48. The molecule has 0 saturated carbocycles. The molecule has 0 fully saturated rings. The lowest BCUT2D eigenvalue weighted by molar-refractivity contribution is 0.0154. The molecule has 2 aromatic rings. The molecule has 23 heavy (non-hydrogen) atoms. The molecule has 1 heterocycles. The Morgan fingerprint density at radius 1 is 1.17 bits per heavy atom. The molecular formula is C15H16ClN3O4. The van der Waals surface area contributed by atoms with Crippen LogP contribution in [-0.4, -0.2) is 39.2 Å². The maximum atomic E-state index is 11.6. The zero-order valence-corrected chi connectivity index (χ0v) is 12.8. The predicted molar refractivity (Wildman–Crippen MR) is 82.6 cm³/mol. The van der Waals surface area contributed by atoms with Gasteiger partial charge in [0.15, 0.2) is 5.15 Å². The summed E-state index contributed by atoms with van der Waals surface area (Å²) < 4.78 is 4.99. The number of amides is 1. The Kier molecular flexibility index (Phi) is 6.28. The number of carbonyl (C=O) groups excluding carboxylic acids is 1. The quantitative estimate of drug-likeness (QED) is 0.737. The molecule has 122 valence electrons. The van der Waals surface area contributed by atoms with E-state index in [0.717, 1.165) is 5.56 Å². The van der Waals surface area contributed by atoms with Gasteiger partial charge in [-0.15, -0.1) is 5.10 Å². The van der Waals surface area contributed by atoms with Crippen LogP contribution in [0.5, 0.6) is 0 Å². The molecule has 7 nitrogen and oxygen atoms in total. The molecule has 2 unspecified atom stereocenters. The second-order valence-electron chi connectivity index (χ2n) is 4.74. The van der Waals surface area contributed by atoms with Gasteiger partial charge in [-0.3, -0.25) is 0 Å². The van der Waals surface area contributed by atoms with Gasteiger partial charge in [0.1, 0.15) is 18.8 Å². The summed E-state index contributed by atoms with van der Waals surface area (Å²) in [5.74, 6) is 0. The first kappa shape index (κ1) is 17.1. The fourth-order valence-corrected chi connectivity index (χ4v) is 1.86. The van der Waals surface area contributed by atoms with E-state index in [9.17, 15) is 15.0 Å². The van der Waals surface area contributed by atoms with Gasteiger partial charge in [0.2, 0.25) is 0 Å². The van der Waals surface area contributed by atoms with E-state index in [2.05, 4.69) is 15.5 Å². The second-order valence-corrected chi connectivity index (χ2v) is 5.12. The number of alkyl carbamates (subject to hydrolysis) is 1. The number of ether oxygens (including phenoxy) is 1. The fraction of sp³-hybridized carbons (Fsp3) is 0.267. The van der Waals surface area contributed by atoms with Crippen molar-refractivity contribution < 1.29 is 19.7 Å². The van der Waals surface area contributed by atoms with Crippen LogP contribution in [0.2, 0.25) is 5.15 Å². The molecule has 2 atom stereocenters. The molecule has 1 aromatic carbocycles. The van der Waals surface area contributed by atoms with Crippen molar-refractivity contribution in [2.45, 2.75) is 18.8 Å². The highest BCUT2D eigenvalue weighted by atomic mass is 35.5. The Morgan fingerprint density at radius 3 is 2.57 bits per heavy atom. The van der Waals surface area contributed by atoms with Gasteiger partial charge in [0.25, 0.3) is 0 Å². The van der Waals surface area contributed by atoms with E-state index >= 15 is 0 Å². The molecule has 0 aliphatic heterocycles. The predicted octanol–water partition coefficient (Wildman–Crippen LogP) is 1.45. The molecule has 0 aliphatic rings. The van der Waals surface area contributed by atoms with Gasteiger partial charge in [0.05, 0.1) is 5.69 Å². The number of nitrogens with zero attached hydrogens (tertiary/aromatic N) is 2. The first-order valence-electron chi connectivity index (χ1n) is 6.86. The van der Waals surface area contributed by atoms with Crippen molar-refractivity contribution in [1.82, 2.24) is 15.5 Å². The third-order valence-corrected chi connectivity index (χ3v) is 3.19. The molecule has 1 aromatic heterocycles. The summed E-state index contributed by atoms with van der Waals surface area (Å²) >= 11 is 5.59. The highest BCUT2D eigenvalue weighted by Crippen LogP contribution is 2.14. The van der Waals surface area contributed by atoms with Crippen molar-refractivity contribution in [2.75, 3.05) is 6.54 Å². The van der Waals surface area contributed by atoms with E-state index in [1.807, 2.05) is 30.3 Å². The Labute approximate surface area is 137 Å². The van der Waals surface area contributed by atoms with Gasteiger partial charge >= 0.3 is 6.09 Å². The number of aliphatic hydroxyl groups excluding tert-OH is 2. The molecule has 0 bridgehead atoms. The van der Waals surface area contributed by atoms with E-state index in [4.69, 9.17) is 16.3 Å². The second kappa shape index (κ2) is 8.42. The van der Waals surface area contributed by atoms with Crippen molar-refractivity contribution in [3.63, 3.8) is 0 Å². The van der Waals surface area contributed by atoms with Crippen LogP contribution in [0, 0.1) is 0 Å². The van der Waals surface area contributed by atoms with E-state index in [-0.39, 0.29) is 24.0 Å². The summed E-state index contributed by atoms with van der Waals surface area (Å²) in [5, 5.41) is 29.6. The number of nitrogens with one attached hydrogen (secondary N) is 1. The van der Waals surface area contributed by atoms with Gasteiger partial charge in [-0.25, -0.2) is 4.79 Å². The lowest BCUT2D eigenvalue weighted by atomic mass is 10.1. The van der Waals surface area contributed by atoms with Gasteiger partial charge in [-0.1, -0.05) is 41.9 Å². The summed E-state index contributed by atoms with van der Waals surface area (Å²) in [4.78, 5) is 11.6. The van der Waals surface area contributed by atoms with Gasteiger partial charge < -0.3 is 20.3 Å². The van der Waals surface area contributed by atoms with Crippen LogP contribution < -0.4 is 5.32 Å². The van der Waals surface area contributed by atoms with Gasteiger partial charge in [0, 0.05) is 6.54 Å². The molecule has 0 aliphatic carbocycles. The van der Waals surface area contributed by atoms with Crippen molar-refractivity contribution in [3.8, 4) is 0 Å². The molecular weight excluding hydrogens is 322 g/mol. The Balaban J connectivity index is 1.75. The van der Waals surface area contributed by atoms with E-state index in [1.165, 1.54) is 12.1 Å². The summed E-state index contributed by atoms with van der Waals surface area (Å²) in [5.41, 5.74) is 1.00. The number of rotatable bonds is 6. The molecule has 8 heteroatoms. The van der Waals surface area contributed by atoms with Crippen molar-refractivity contribution in [1.29, 1.82) is 0 Å². The van der Waals surface area contributed by atoms with Crippen LogP contribution in [0.25, 0.3) is 0 Å². The van der Waals surface area contributed by atoms with E-state index in [1.54, 1.807) is 0 Å². The number of hydrogen-bond acceptors (Lipinski definition) is 6. The zero-order valence-electron chi connectivity index (χ0n) is 12.1. The summed E-state index contributed by atoms with van der Waals surface area (Å²) in [6.07, 6.45) is -3.24. The van der Waals surface area contributed by atoms with Crippen LogP contribution >= 0.6 is 11.6 Å². The summed E-state index contributed by atoms with van der Waals surface area (Å²) in [6.45, 7) is -0.0763. The highest BCUT2D eigenvalue weighted by molar-refractivity contribution is 6.29. The number of halogens is 1. The topological polar surface area (TPSA) is 105 Å². The maximum absolute atomic E-state index is 11.6. The average Bonchev–Trinajstić information content (AvgIpc) is 2.58. The maximum Gasteiger partial charge on any atom is 0.407 e. The van der Waals surface area contributed by atoms with E-state index < -0.39 is 18.3 Å². The van der Waals surface area contributed by atoms with Crippen molar-refractivity contribution in [2.24, 2.45) is 0 Å². The molecule has 3 N–H and O–H groups in total. The van der Waals surface area contributed by atoms with Crippen LogP contribution in [0.15, 0.2) is 42.5 Å². The Bertz CT molecular complexity index is 624. The van der Waals surface area contributed by atoms with E-state index in [0.29, 0.717) is 0 Å². The minimum absolute atomic E-state index is 0.119. The minimum atomic E-state index is -1.30. The normalized spacial score (nSPS) is 13.2. The van der Waals surface area contributed by atoms with Crippen LogP contribution in [-0.2, 0) is 11.3 Å². The summed E-state index contributed by atoms with van der Waals surface area (Å²) in [6, 6.07) is 12.1. The Hall–Kier alpha value is -2.22. The molecule has 0 radical (unpaired) electrons. The largest absolute Gasteiger partial charge is 0.445 e. The SMILES string of the molecule is O=C(NCC(O)C(O)c1ccc(Cl)nn1)OCc1ccccc1. The standard InChI is InChI=1S/C15H16ClN3O4/c16-13-7-6-11(18-19-13)14(21)12(20)8-17-15(22)23-9-10-4-2-1-3-5-10/h1-7,12,14,20-21H,8-9H2,(H,17,22). The number of aliphatic hydroxyl groups is 2. The number of carbonyl (C=O) groups is 1. The monoisotopic (exact) mass is 337 g/mol. The molecule has 0 spiro atoms. The zero-order chi connectivity index (χ0) is 16.7. The highest BCUT2D eigenvalue weighted by Gasteiger charge is 2.21. The smallest absolute Gasteiger partial charge is 0.407 e. The first-order valence-corrected chi connectivity index (χ1v) is 7.24. The van der Waals surface area contributed by atoms with Crippen LogP contribution in [0.4, 0.5) is 4.79 Å². The number of hydrogen-bond donors (Lipinski definition) is 3.